The quantitative estimate of drug-likeness (QED) is 0.508. The smallest absolute Gasteiger partial charge is 0.143 e. The lowest BCUT2D eigenvalue weighted by Gasteiger charge is -2.22. The van der Waals surface area contributed by atoms with Crippen molar-refractivity contribution in [3.63, 3.8) is 0 Å². The molecule has 1 aliphatic rings. The summed E-state index contributed by atoms with van der Waals surface area (Å²) in [6.45, 7) is 0.673. The first-order valence-electron chi connectivity index (χ1n) is 5.83. The molecule has 2 atom stereocenters. The number of ether oxygens (including phenoxy) is 1. The van der Waals surface area contributed by atoms with Crippen LogP contribution in [0.1, 0.15) is 18.4 Å². The number of hydrazine groups is 1. The van der Waals surface area contributed by atoms with Gasteiger partial charge in [0.15, 0.2) is 0 Å². The fourth-order valence-electron chi connectivity index (χ4n) is 2.19. The molecule has 6 heteroatoms. The Hall–Kier alpha value is -0.560. The molecule has 0 radical (unpaired) electrons. The minimum Gasteiger partial charge on any atom is -0.377 e. The van der Waals surface area contributed by atoms with Crippen molar-refractivity contribution in [3.05, 3.63) is 33.8 Å². The lowest BCUT2D eigenvalue weighted by molar-refractivity contribution is 0.0779. The molecule has 1 aromatic rings. The molecule has 3 nitrogen and oxygen atoms in total. The van der Waals surface area contributed by atoms with Crippen LogP contribution in [0.4, 0.5) is 8.78 Å². The summed E-state index contributed by atoms with van der Waals surface area (Å²) < 4.78 is 33.2. The van der Waals surface area contributed by atoms with Crippen LogP contribution < -0.4 is 11.3 Å². The zero-order valence-corrected chi connectivity index (χ0v) is 11.3. The van der Waals surface area contributed by atoms with Crippen LogP contribution in [0.3, 0.4) is 0 Å². The summed E-state index contributed by atoms with van der Waals surface area (Å²) in [6, 6.07) is 2.31. The molecule has 0 bridgehead atoms. The molecule has 1 heterocycles. The number of hydrogen-bond acceptors (Lipinski definition) is 3. The highest BCUT2D eigenvalue weighted by Gasteiger charge is 2.27. The number of benzene rings is 1. The summed E-state index contributed by atoms with van der Waals surface area (Å²) in [5.41, 5.74) is 2.62. The van der Waals surface area contributed by atoms with Crippen LogP contribution in [0.25, 0.3) is 0 Å². The number of nitrogens with two attached hydrogens (primary N) is 1. The third-order valence-corrected chi connectivity index (χ3v) is 3.80. The molecule has 0 aliphatic carbocycles. The van der Waals surface area contributed by atoms with Gasteiger partial charge in [-0.15, -0.1) is 0 Å². The van der Waals surface area contributed by atoms with Crippen LogP contribution >= 0.6 is 15.9 Å². The Morgan fingerprint density at radius 3 is 2.89 bits per heavy atom. The lowest BCUT2D eigenvalue weighted by Crippen LogP contribution is -2.45. The van der Waals surface area contributed by atoms with Gasteiger partial charge in [-0.1, -0.05) is 0 Å². The zero-order valence-electron chi connectivity index (χ0n) is 9.76. The maximum atomic E-state index is 13.8. The van der Waals surface area contributed by atoms with Crippen molar-refractivity contribution in [2.75, 3.05) is 6.61 Å². The van der Waals surface area contributed by atoms with Gasteiger partial charge in [-0.2, -0.15) is 0 Å². The molecule has 0 aromatic heterocycles. The van der Waals surface area contributed by atoms with E-state index in [1.165, 1.54) is 12.1 Å². The van der Waals surface area contributed by atoms with E-state index < -0.39 is 11.6 Å². The Bertz CT molecular complexity index is 425. The van der Waals surface area contributed by atoms with Gasteiger partial charge in [-0.25, -0.2) is 8.78 Å². The summed E-state index contributed by atoms with van der Waals surface area (Å²) >= 11 is 3.05. The summed E-state index contributed by atoms with van der Waals surface area (Å²) in [7, 11) is 0. The van der Waals surface area contributed by atoms with Gasteiger partial charge in [0, 0.05) is 12.2 Å². The zero-order chi connectivity index (χ0) is 13.1. The number of rotatable bonds is 4. The van der Waals surface area contributed by atoms with Crippen molar-refractivity contribution in [1.82, 2.24) is 5.43 Å². The van der Waals surface area contributed by atoms with Crippen LogP contribution in [0.5, 0.6) is 0 Å². The van der Waals surface area contributed by atoms with Crippen molar-refractivity contribution in [2.45, 2.75) is 31.4 Å². The molecule has 1 aliphatic heterocycles. The van der Waals surface area contributed by atoms with Crippen LogP contribution in [-0.4, -0.2) is 18.8 Å². The molecular formula is C12H15BrF2N2O. The highest BCUT2D eigenvalue weighted by Crippen LogP contribution is 2.25. The topological polar surface area (TPSA) is 47.3 Å². The average molecular weight is 321 g/mol. The van der Waals surface area contributed by atoms with Crippen LogP contribution in [0, 0.1) is 11.6 Å². The first-order chi connectivity index (χ1) is 8.63. The van der Waals surface area contributed by atoms with Gasteiger partial charge in [-0.05, 0) is 47.3 Å². The van der Waals surface area contributed by atoms with Gasteiger partial charge in [0.25, 0.3) is 0 Å². The predicted octanol–water partition coefficient (Wildman–Crippen LogP) is 2.28. The van der Waals surface area contributed by atoms with Crippen molar-refractivity contribution < 1.29 is 13.5 Å². The molecule has 2 unspecified atom stereocenters. The fraction of sp³-hybridized carbons (Fsp3) is 0.500. The SMILES string of the molecule is NNC(Cc1c(F)ccc(Br)c1F)C1CCCO1. The predicted molar refractivity (Wildman–Crippen MR) is 67.8 cm³/mol. The molecule has 0 spiro atoms. The monoisotopic (exact) mass is 320 g/mol. The van der Waals surface area contributed by atoms with Gasteiger partial charge in [0.2, 0.25) is 0 Å². The molecule has 0 amide bonds. The molecule has 2 rings (SSSR count). The number of nitrogens with one attached hydrogen (secondary N) is 1. The van der Waals surface area contributed by atoms with E-state index in [9.17, 15) is 8.78 Å². The van der Waals surface area contributed by atoms with Crippen molar-refractivity contribution in [3.8, 4) is 0 Å². The van der Waals surface area contributed by atoms with E-state index in [2.05, 4.69) is 21.4 Å². The van der Waals surface area contributed by atoms with Crippen LogP contribution in [0.2, 0.25) is 0 Å². The molecule has 18 heavy (non-hydrogen) atoms. The minimum absolute atomic E-state index is 0.0304. The summed E-state index contributed by atoms with van der Waals surface area (Å²) in [6.07, 6.45) is 1.88. The highest BCUT2D eigenvalue weighted by molar-refractivity contribution is 9.10. The summed E-state index contributed by atoms with van der Waals surface area (Å²) in [5, 5.41) is 0. The van der Waals surface area contributed by atoms with Gasteiger partial charge in [-0.3, -0.25) is 11.3 Å². The molecular weight excluding hydrogens is 306 g/mol. The molecule has 0 saturated carbocycles. The average Bonchev–Trinajstić information content (AvgIpc) is 2.88. The maximum absolute atomic E-state index is 13.8. The second kappa shape index (κ2) is 6.06. The minimum atomic E-state index is -0.576. The first-order valence-corrected chi connectivity index (χ1v) is 6.63. The Morgan fingerprint density at radius 2 is 2.28 bits per heavy atom. The van der Waals surface area contributed by atoms with E-state index in [0.717, 1.165) is 12.8 Å². The molecule has 1 saturated heterocycles. The second-order valence-corrected chi connectivity index (χ2v) is 5.20. The Morgan fingerprint density at radius 1 is 1.50 bits per heavy atom. The van der Waals surface area contributed by atoms with Crippen molar-refractivity contribution in [2.24, 2.45) is 5.84 Å². The Balaban J connectivity index is 2.18. The van der Waals surface area contributed by atoms with Gasteiger partial charge in [0.05, 0.1) is 16.6 Å². The fourth-order valence-corrected chi connectivity index (χ4v) is 2.57. The summed E-state index contributed by atoms with van der Waals surface area (Å²) in [4.78, 5) is 0. The molecule has 1 aromatic carbocycles. The standard InChI is InChI=1S/C12H15BrF2N2O/c13-8-3-4-9(14)7(12(8)15)6-10(17-16)11-2-1-5-18-11/h3-4,10-11,17H,1-2,5-6,16H2. The third kappa shape index (κ3) is 2.88. The third-order valence-electron chi connectivity index (χ3n) is 3.19. The Labute approximate surface area is 113 Å². The number of halogens is 3. The van der Waals surface area contributed by atoms with E-state index >= 15 is 0 Å². The van der Waals surface area contributed by atoms with E-state index in [4.69, 9.17) is 10.6 Å². The van der Waals surface area contributed by atoms with Crippen LogP contribution in [-0.2, 0) is 11.2 Å². The first kappa shape index (κ1) is 13.9. The second-order valence-electron chi connectivity index (χ2n) is 4.35. The van der Waals surface area contributed by atoms with Gasteiger partial charge < -0.3 is 4.74 Å². The van der Waals surface area contributed by atoms with Gasteiger partial charge in [0.1, 0.15) is 11.6 Å². The summed E-state index contributed by atoms with van der Waals surface area (Å²) in [5.74, 6) is 4.32. The molecule has 1 fully saturated rings. The van der Waals surface area contributed by atoms with E-state index in [1.807, 2.05) is 0 Å². The van der Waals surface area contributed by atoms with E-state index in [1.54, 1.807) is 0 Å². The van der Waals surface area contributed by atoms with Crippen molar-refractivity contribution >= 4 is 15.9 Å². The van der Waals surface area contributed by atoms with Crippen molar-refractivity contribution in [1.29, 1.82) is 0 Å². The molecule has 100 valence electrons. The lowest BCUT2D eigenvalue weighted by atomic mass is 9.99. The van der Waals surface area contributed by atoms with Gasteiger partial charge >= 0.3 is 0 Å². The maximum Gasteiger partial charge on any atom is 0.143 e. The number of hydrogen-bond donors (Lipinski definition) is 2. The Kier molecular flexibility index (Phi) is 4.66. The largest absolute Gasteiger partial charge is 0.377 e. The van der Waals surface area contributed by atoms with Crippen LogP contribution in [0.15, 0.2) is 16.6 Å². The normalized spacial score (nSPS) is 21.2. The highest BCUT2D eigenvalue weighted by atomic mass is 79.9. The molecule has 3 N–H and O–H groups in total. The van der Waals surface area contributed by atoms with E-state index in [0.29, 0.717) is 6.61 Å². The van der Waals surface area contributed by atoms with E-state index in [-0.39, 0.29) is 28.6 Å².